The zero-order valence-corrected chi connectivity index (χ0v) is 17.9. The minimum absolute atomic E-state index is 0.118. The summed E-state index contributed by atoms with van der Waals surface area (Å²) in [4.78, 5) is 16.1. The third-order valence-electron chi connectivity index (χ3n) is 5.08. The van der Waals surface area contributed by atoms with Gasteiger partial charge in [0.2, 0.25) is 5.91 Å². The second-order valence-electron chi connectivity index (χ2n) is 7.21. The van der Waals surface area contributed by atoms with E-state index in [1.54, 1.807) is 7.11 Å². The van der Waals surface area contributed by atoms with Crippen LogP contribution in [0.2, 0.25) is 0 Å². The smallest absolute Gasteiger partial charge is 0.219 e. The number of hydrogen-bond donors (Lipinski definition) is 1. The Bertz CT molecular complexity index is 952. The van der Waals surface area contributed by atoms with E-state index < -0.39 is 0 Å². The first kappa shape index (κ1) is 21.7. The molecule has 0 unspecified atom stereocenters. The third kappa shape index (κ3) is 5.99. The summed E-state index contributed by atoms with van der Waals surface area (Å²) in [5.41, 5.74) is 2.15. The van der Waals surface area contributed by atoms with Gasteiger partial charge in [-0.3, -0.25) is 4.79 Å². The van der Waals surface area contributed by atoms with Crippen molar-refractivity contribution in [1.82, 2.24) is 14.9 Å². The Labute approximate surface area is 178 Å². The molecule has 1 N–H and O–H groups in total. The van der Waals surface area contributed by atoms with E-state index in [4.69, 9.17) is 14.5 Å². The Morgan fingerprint density at radius 1 is 1.07 bits per heavy atom. The Morgan fingerprint density at radius 3 is 2.73 bits per heavy atom. The van der Waals surface area contributed by atoms with E-state index >= 15 is 0 Å². The van der Waals surface area contributed by atoms with Crippen molar-refractivity contribution >= 4 is 16.9 Å². The van der Waals surface area contributed by atoms with Crippen LogP contribution >= 0.6 is 0 Å². The molecule has 0 bridgehead atoms. The molecule has 3 aromatic rings. The van der Waals surface area contributed by atoms with Crippen LogP contribution < -0.4 is 14.8 Å². The predicted molar refractivity (Wildman–Crippen MR) is 119 cm³/mol. The number of fused-ring (bicyclic) bond motifs is 1. The van der Waals surface area contributed by atoms with Crippen molar-refractivity contribution < 1.29 is 14.3 Å². The molecule has 0 spiro atoms. The van der Waals surface area contributed by atoms with E-state index in [1.807, 2.05) is 43.3 Å². The van der Waals surface area contributed by atoms with Crippen molar-refractivity contribution in [3.8, 4) is 11.5 Å². The quantitative estimate of drug-likeness (QED) is 0.451. The number of hydrogen-bond acceptors (Lipinski definition) is 4. The number of nitrogens with one attached hydrogen (secondary N) is 1. The first-order valence-corrected chi connectivity index (χ1v) is 10.7. The lowest BCUT2D eigenvalue weighted by molar-refractivity contribution is -0.120. The van der Waals surface area contributed by atoms with Gasteiger partial charge in [-0.05, 0) is 37.1 Å². The van der Waals surface area contributed by atoms with Gasteiger partial charge in [-0.1, -0.05) is 31.5 Å². The number of benzene rings is 2. The summed E-state index contributed by atoms with van der Waals surface area (Å²) >= 11 is 0. The molecule has 0 saturated carbocycles. The fourth-order valence-corrected chi connectivity index (χ4v) is 3.45. The van der Waals surface area contributed by atoms with Crippen LogP contribution in [0.25, 0.3) is 11.0 Å². The molecule has 0 aliphatic rings. The van der Waals surface area contributed by atoms with Crippen LogP contribution in [0.5, 0.6) is 11.5 Å². The molecule has 0 atom stereocenters. The molecule has 160 valence electrons. The average Bonchev–Trinajstić information content (AvgIpc) is 3.13. The Balaban J connectivity index is 1.56. The molecule has 0 radical (unpaired) electrons. The van der Waals surface area contributed by atoms with Crippen LogP contribution in [-0.4, -0.2) is 35.7 Å². The summed E-state index contributed by atoms with van der Waals surface area (Å²) in [5, 5.41) is 2.93. The van der Waals surface area contributed by atoms with Crippen molar-refractivity contribution in [2.45, 2.75) is 45.6 Å². The van der Waals surface area contributed by atoms with Gasteiger partial charge in [-0.25, -0.2) is 4.98 Å². The Hall–Kier alpha value is -3.02. The summed E-state index contributed by atoms with van der Waals surface area (Å²) in [6.07, 6.45) is 4.55. The van der Waals surface area contributed by atoms with Crippen molar-refractivity contribution in [3.05, 3.63) is 54.4 Å². The molecule has 30 heavy (non-hydrogen) atoms. The van der Waals surface area contributed by atoms with Crippen molar-refractivity contribution in [2.75, 3.05) is 20.3 Å². The number of para-hydroxylation sites is 2. The third-order valence-corrected chi connectivity index (χ3v) is 5.08. The molecule has 0 aliphatic heterocycles. The molecule has 2 aromatic carbocycles. The Kier molecular flexibility index (Phi) is 8.12. The van der Waals surface area contributed by atoms with Crippen molar-refractivity contribution in [2.24, 2.45) is 0 Å². The highest BCUT2D eigenvalue weighted by atomic mass is 16.5. The van der Waals surface area contributed by atoms with Gasteiger partial charge in [0.15, 0.2) is 0 Å². The lowest BCUT2D eigenvalue weighted by atomic mass is 10.2. The summed E-state index contributed by atoms with van der Waals surface area (Å²) in [7, 11) is 1.65. The fraction of sp³-hybridized carbons (Fsp3) is 0.417. The van der Waals surface area contributed by atoms with E-state index in [9.17, 15) is 4.79 Å². The molecular formula is C24H31N3O3. The number of imidazole rings is 1. The first-order chi connectivity index (χ1) is 14.7. The van der Waals surface area contributed by atoms with Gasteiger partial charge >= 0.3 is 0 Å². The number of methoxy groups -OCH3 is 1. The van der Waals surface area contributed by atoms with Crippen LogP contribution in [0.4, 0.5) is 0 Å². The predicted octanol–water partition coefficient (Wildman–Crippen LogP) is 4.36. The number of carbonyl (C=O) groups excluding carboxylic acids is 1. The van der Waals surface area contributed by atoms with Gasteiger partial charge < -0.3 is 19.4 Å². The zero-order chi connectivity index (χ0) is 21.2. The highest BCUT2D eigenvalue weighted by Gasteiger charge is 2.10. The number of ether oxygens (including phenoxy) is 2. The lowest BCUT2D eigenvalue weighted by Crippen LogP contribution is -2.23. The number of rotatable bonds is 12. The summed E-state index contributed by atoms with van der Waals surface area (Å²) < 4.78 is 13.5. The summed E-state index contributed by atoms with van der Waals surface area (Å²) in [5.74, 6) is 2.79. The largest absolute Gasteiger partial charge is 0.497 e. The van der Waals surface area contributed by atoms with Crippen LogP contribution in [0, 0.1) is 0 Å². The fourth-order valence-electron chi connectivity index (χ4n) is 3.45. The van der Waals surface area contributed by atoms with E-state index in [-0.39, 0.29) is 5.91 Å². The normalized spacial score (nSPS) is 10.9. The van der Waals surface area contributed by atoms with E-state index in [0.29, 0.717) is 13.0 Å². The summed E-state index contributed by atoms with van der Waals surface area (Å²) in [6.45, 7) is 3.92. The maximum Gasteiger partial charge on any atom is 0.219 e. The summed E-state index contributed by atoms with van der Waals surface area (Å²) in [6, 6.07) is 15.9. The monoisotopic (exact) mass is 409 g/mol. The SMILES string of the molecule is CCC(=O)NCCCCCc1nc2ccccc2n1CCOc1cccc(OC)c1. The Morgan fingerprint density at radius 2 is 1.90 bits per heavy atom. The van der Waals surface area contributed by atoms with Gasteiger partial charge in [0.05, 0.1) is 24.7 Å². The van der Waals surface area contributed by atoms with Gasteiger partial charge in [-0.2, -0.15) is 0 Å². The molecule has 0 fully saturated rings. The van der Waals surface area contributed by atoms with Crippen molar-refractivity contribution in [3.63, 3.8) is 0 Å². The molecule has 1 heterocycles. The van der Waals surface area contributed by atoms with Gasteiger partial charge in [0.25, 0.3) is 0 Å². The van der Waals surface area contributed by atoms with E-state index in [1.165, 1.54) is 0 Å². The van der Waals surface area contributed by atoms with Crippen LogP contribution in [0.1, 0.15) is 38.4 Å². The number of nitrogens with zero attached hydrogens (tertiary/aromatic N) is 2. The van der Waals surface area contributed by atoms with Crippen LogP contribution in [0.15, 0.2) is 48.5 Å². The molecule has 6 heteroatoms. The molecule has 1 amide bonds. The maximum absolute atomic E-state index is 11.3. The van der Waals surface area contributed by atoms with Crippen LogP contribution in [-0.2, 0) is 17.8 Å². The molecular weight excluding hydrogens is 378 g/mol. The highest BCUT2D eigenvalue weighted by molar-refractivity contribution is 5.76. The molecule has 0 aliphatic carbocycles. The van der Waals surface area contributed by atoms with Crippen LogP contribution in [0.3, 0.4) is 0 Å². The number of aromatic nitrogens is 2. The second kappa shape index (κ2) is 11.2. The highest BCUT2D eigenvalue weighted by Crippen LogP contribution is 2.20. The van der Waals surface area contributed by atoms with Crippen molar-refractivity contribution in [1.29, 1.82) is 0 Å². The van der Waals surface area contributed by atoms with Gasteiger partial charge in [0, 0.05) is 25.5 Å². The first-order valence-electron chi connectivity index (χ1n) is 10.7. The minimum Gasteiger partial charge on any atom is -0.497 e. The molecule has 1 aromatic heterocycles. The number of unbranched alkanes of at least 4 members (excludes halogenated alkanes) is 2. The average molecular weight is 410 g/mol. The number of amides is 1. The lowest BCUT2D eigenvalue weighted by Gasteiger charge is -2.11. The topological polar surface area (TPSA) is 65.4 Å². The molecule has 3 rings (SSSR count). The maximum atomic E-state index is 11.3. The van der Waals surface area contributed by atoms with E-state index in [0.717, 1.165) is 67.1 Å². The second-order valence-corrected chi connectivity index (χ2v) is 7.21. The minimum atomic E-state index is 0.118. The van der Waals surface area contributed by atoms with Gasteiger partial charge in [0.1, 0.15) is 23.9 Å². The number of carbonyl (C=O) groups is 1. The zero-order valence-electron chi connectivity index (χ0n) is 17.9. The van der Waals surface area contributed by atoms with E-state index in [2.05, 4.69) is 22.0 Å². The molecule has 0 saturated heterocycles. The number of aryl methyl sites for hydroxylation is 1. The standard InChI is InChI=1S/C24H31N3O3/c1-3-24(28)25-15-8-4-5-14-23-26-21-12-6-7-13-22(21)27(23)16-17-30-20-11-9-10-19(18-20)29-2/h6-7,9-13,18H,3-5,8,14-17H2,1-2H3,(H,25,28). The molecule has 6 nitrogen and oxygen atoms in total. The van der Waals surface area contributed by atoms with Gasteiger partial charge in [-0.15, -0.1) is 0 Å².